The maximum Gasteiger partial charge on any atom is 0.162 e. The van der Waals surface area contributed by atoms with Crippen LogP contribution in [0.3, 0.4) is 0 Å². The molecule has 1 heterocycles. The van der Waals surface area contributed by atoms with E-state index in [2.05, 4.69) is 25.9 Å². The van der Waals surface area contributed by atoms with Gasteiger partial charge in [0.25, 0.3) is 0 Å². The molecule has 2 rings (SSSR count). The number of nitrogens with zero attached hydrogens (tertiary/aromatic N) is 2. The molecule has 0 bridgehead atoms. The summed E-state index contributed by atoms with van der Waals surface area (Å²) in [4.78, 5) is 0. The number of aliphatic hydroxyl groups is 1. The van der Waals surface area contributed by atoms with E-state index in [1.807, 2.05) is 4.68 Å². The van der Waals surface area contributed by atoms with E-state index in [9.17, 15) is 5.11 Å². The van der Waals surface area contributed by atoms with Gasteiger partial charge in [-0.2, -0.15) is 5.10 Å². The van der Waals surface area contributed by atoms with Gasteiger partial charge in [-0.1, -0.05) is 20.8 Å². The number of aryl methyl sites for hydroxylation is 1. The van der Waals surface area contributed by atoms with E-state index < -0.39 is 6.10 Å². The molecule has 1 aromatic heterocycles. The summed E-state index contributed by atoms with van der Waals surface area (Å²) >= 11 is 0. The molecule has 1 N–H and O–H groups in total. The third-order valence-electron chi connectivity index (χ3n) is 4.61. The summed E-state index contributed by atoms with van der Waals surface area (Å²) < 4.78 is 7.29. The van der Waals surface area contributed by atoms with Gasteiger partial charge < -0.3 is 9.84 Å². The van der Waals surface area contributed by atoms with Crippen LogP contribution >= 0.6 is 0 Å². The number of ether oxygens (including phenoxy) is 1. The van der Waals surface area contributed by atoms with E-state index in [0.717, 1.165) is 37.3 Å². The van der Waals surface area contributed by atoms with Gasteiger partial charge in [-0.25, -0.2) is 0 Å². The third kappa shape index (κ3) is 3.17. The monoisotopic (exact) mass is 280 g/mol. The van der Waals surface area contributed by atoms with Gasteiger partial charge in [-0.3, -0.25) is 4.68 Å². The van der Waals surface area contributed by atoms with Crippen LogP contribution in [0.15, 0.2) is 6.20 Å². The van der Waals surface area contributed by atoms with Crippen molar-refractivity contribution < 1.29 is 9.84 Å². The van der Waals surface area contributed by atoms with Crippen molar-refractivity contribution in [2.24, 2.45) is 11.3 Å². The Morgan fingerprint density at radius 1 is 1.45 bits per heavy atom. The second kappa shape index (κ2) is 6.17. The van der Waals surface area contributed by atoms with Crippen molar-refractivity contribution in [1.82, 2.24) is 9.78 Å². The van der Waals surface area contributed by atoms with Crippen molar-refractivity contribution in [1.29, 1.82) is 0 Å². The quantitative estimate of drug-likeness (QED) is 0.897. The topological polar surface area (TPSA) is 47.3 Å². The highest BCUT2D eigenvalue weighted by molar-refractivity contribution is 5.28. The van der Waals surface area contributed by atoms with Crippen molar-refractivity contribution in [2.75, 3.05) is 7.11 Å². The fraction of sp³-hybridized carbons (Fsp3) is 0.812. The highest BCUT2D eigenvalue weighted by Crippen LogP contribution is 2.44. The summed E-state index contributed by atoms with van der Waals surface area (Å²) in [6.07, 6.45) is 6.78. The first-order valence-electron chi connectivity index (χ1n) is 7.76. The Kier molecular flexibility index (Phi) is 4.74. The normalized spacial score (nSPS) is 20.9. The Bertz CT molecular complexity index is 430. The first-order valence-corrected chi connectivity index (χ1v) is 7.76. The molecule has 20 heavy (non-hydrogen) atoms. The predicted molar refractivity (Wildman–Crippen MR) is 79.8 cm³/mol. The second-order valence-electron chi connectivity index (χ2n) is 6.77. The fourth-order valence-corrected chi connectivity index (χ4v) is 3.18. The van der Waals surface area contributed by atoms with Crippen LogP contribution in [0.4, 0.5) is 0 Å². The standard InChI is InChI=1S/C16H28N2O2/c1-5-10-18-14(13(20-4)11-17-18)15(19)12-6-8-16(2,3)9-7-12/h11-12,15,19H,5-10H2,1-4H3. The zero-order chi connectivity index (χ0) is 14.8. The van der Waals surface area contributed by atoms with Crippen LogP contribution < -0.4 is 4.74 Å². The predicted octanol–water partition coefficient (Wildman–Crippen LogP) is 3.55. The highest BCUT2D eigenvalue weighted by atomic mass is 16.5. The van der Waals surface area contributed by atoms with Gasteiger partial charge in [0, 0.05) is 6.54 Å². The van der Waals surface area contributed by atoms with Crippen LogP contribution in [0.5, 0.6) is 5.75 Å². The first kappa shape index (κ1) is 15.4. The van der Waals surface area contributed by atoms with Gasteiger partial charge in [0.1, 0.15) is 11.8 Å². The molecule has 1 fully saturated rings. The lowest BCUT2D eigenvalue weighted by Crippen LogP contribution is -2.26. The molecule has 1 aromatic rings. The van der Waals surface area contributed by atoms with Gasteiger partial charge in [-0.15, -0.1) is 0 Å². The van der Waals surface area contributed by atoms with E-state index in [0.29, 0.717) is 11.3 Å². The molecule has 0 amide bonds. The Balaban J connectivity index is 2.16. The van der Waals surface area contributed by atoms with Crippen LogP contribution in [0.1, 0.15) is 64.7 Å². The van der Waals surface area contributed by atoms with Gasteiger partial charge in [-0.05, 0) is 43.4 Å². The highest BCUT2D eigenvalue weighted by Gasteiger charge is 2.34. The lowest BCUT2D eigenvalue weighted by molar-refractivity contribution is 0.0487. The Morgan fingerprint density at radius 2 is 2.10 bits per heavy atom. The van der Waals surface area contributed by atoms with Gasteiger partial charge in [0.05, 0.1) is 13.3 Å². The van der Waals surface area contributed by atoms with Crippen LogP contribution in [-0.4, -0.2) is 22.0 Å². The molecule has 0 aromatic carbocycles. The zero-order valence-electron chi connectivity index (χ0n) is 13.2. The molecule has 0 saturated heterocycles. The Labute approximate surface area is 122 Å². The van der Waals surface area contributed by atoms with E-state index in [1.165, 1.54) is 12.8 Å². The smallest absolute Gasteiger partial charge is 0.162 e. The second-order valence-corrected chi connectivity index (χ2v) is 6.77. The first-order chi connectivity index (χ1) is 9.48. The average Bonchev–Trinajstić information content (AvgIpc) is 2.81. The summed E-state index contributed by atoms with van der Waals surface area (Å²) in [6.45, 7) is 7.58. The lowest BCUT2D eigenvalue weighted by Gasteiger charge is -2.36. The number of hydrogen-bond acceptors (Lipinski definition) is 3. The number of rotatable bonds is 5. The summed E-state index contributed by atoms with van der Waals surface area (Å²) in [5.41, 5.74) is 1.28. The van der Waals surface area contributed by atoms with E-state index >= 15 is 0 Å². The maximum absolute atomic E-state index is 10.8. The van der Waals surface area contributed by atoms with Crippen molar-refractivity contribution in [3.8, 4) is 5.75 Å². The minimum absolute atomic E-state index is 0.323. The SMILES string of the molecule is CCCn1ncc(OC)c1C(O)C1CCC(C)(C)CC1. The number of aromatic nitrogens is 2. The Morgan fingerprint density at radius 3 is 2.65 bits per heavy atom. The van der Waals surface area contributed by atoms with Gasteiger partial charge >= 0.3 is 0 Å². The van der Waals surface area contributed by atoms with Crippen LogP contribution in [0.2, 0.25) is 0 Å². The molecule has 0 spiro atoms. The third-order valence-corrected chi connectivity index (χ3v) is 4.61. The van der Waals surface area contributed by atoms with Crippen molar-refractivity contribution >= 4 is 0 Å². The van der Waals surface area contributed by atoms with Gasteiger partial charge in [0.2, 0.25) is 0 Å². The van der Waals surface area contributed by atoms with Crippen molar-refractivity contribution in [2.45, 2.75) is 65.5 Å². The average molecular weight is 280 g/mol. The minimum atomic E-state index is -0.463. The van der Waals surface area contributed by atoms with Crippen LogP contribution in [0.25, 0.3) is 0 Å². The van der Waals surface area contributed by atoms with Crippen molar-refractivity contribution in [3.63, 3.8) is 0 Å². The van der Waals surface area contributed by atoms with Crippen LogP contribution in [-0.2, 0) is 6.54 Å². The molecular weight excluding hydrogens is 252 g/mol. The molecular formula is C16H28N2O2. The van der Waals surface area contributed by atoms with E-state index in [1.54, 1.807) is 13.3 Å². The summed E-state index contributed by atoms with van der Waals surface area (Å²) in [5, 5.41) is 15.1. The number of hydrogen-bond donors (Lipinski definition) is 1. The molecule has 1 saturated carbocycles. The molecule has 1 aliphatic rings. The van der Waals surface area contributed by atoms with Crippen LogP contribution in [0, 0.1) is 11.3 Å². The number of aliphatic hydroxyl groups excluding tert-OH is 1. The molecule has 4 nitrogen and oxygen atoms in total. The molecule has 0 aliphatic heterocycles. The van der Waals surface area contributed by atoms with E-state index in [-0.39, 0.29) is 0 Å². The largest absolute Gasteiger partial charge is 0.493 e. The lowest BCUT2D eigenvalue weighted by atomic mass is 9.71. The minimum Gasteiger partial charge on any atom is -0.493 e. The molecule has 114 valence electrons. The van der Waals surface area contributed by atoms with Crippen molar-refractivity contribution in [3.05, 3.63) is 11.9 Å². The summed E-state index contributed by atoms with van der Waals surface area (Å²) in [7, 11) is 1.65. The summed E-state index contributed by atoms with van der Waals surface area (Å²) in [6, 6.07) is 0. The fourth-order valence-electron chi connectivity index (χ4n) is 3.18. The zero-order valence-corrected chi connectivity index (χ0v) is 13.2. The summed E-state index contributed by atoms with van der Waals surface area (Å²) in [5.74, 6) is 1.04. The molecule has 4 heteroatoms. The molecule has 1 aliphatic carbocycles. The Hall–Kier alpha value is -1.03. The van der Waals surface area contributed by atoms with Gasteiger partial charge in [0.15, 0.2) is 5.75 Å². The maximum atomic E-state index is 10.8. The molecule has 1 unspecified atom stereocenters. The van der Waals surface area contributed by atoms with E-state index in [4.69, 9.17) is 4.74 Å². The molecule has 1 atom stereocenters. The molecule has 0 radical (unpaired) electrons. The number of methoxy groups -OCH3 is 1.